The Kier molecular flexibility index (Phi) is 3.53. The molecule has 3 atom stereocenters. The molecular weight excluding hydrogens is 332 g/mol. The van der Waals surface area contributed by atoms with Gasteiger partial charge < -0.3 is 10.5 Å². The molecule has 5 rings (SSSR count). The fourth-order valence-corrected chi connectivity index (χ4v) is 4.81. The summed E-state index contributed by atoms with van der Waals surface area (Å²) < 4.78 is 6.54. The summed E-state index contributed by atoms with van der Waals surface area (Å²) in [4.78, 5) is 25.8. The lowest BCUT2D eigenvalue weighted by Gasteiger charge is -2.32. The number of piperidine rings is 1. The number of aromatic nitrogens is 2. The van der Waals surface area contributed by atoms with Gasteiger partial charge in [-0.2, -0.15) is 5.10 Å². The quantitative estimate of drug-likeness (QED) is 0.672. The van der Waals surface area contributed by atoms with E-state index in [0.717, 1.165) is 24.4 Å². The normalized spacial score (nSPS) is 27.9. The van der Waals surface area contributed by atoms with Crippen LogP contribution in [0.3, 0.4) is 0 Å². The molecule has 1 amide bonds. The number of para-hydroxylation sites is 1. The van der Waals surface area contributed by atoms with E-state index in [1.807, 2.05) is 28.9 Å². The minimum absolute atomic E-state index is 0.164. The van der Waals surface area contributed by atoms with Crippen LogP contribution in [-0.4, -0.2) is 45.9 Å². The number of hydrogen-bond acceptors (Lipinski definition) is 5. The zero-order chi connectivity index (χ0) is 17.8. The van der Waals surface area contributed by atoms with E-state index < -0.39 is 12.1 Å². The van der Waals surface area contributed by atoms with Crippen LogP contribution in [0.15, 0.2) is 24.3 Å². The Balaban J connectivity index is 1.45. The molecule has 136 valence electrons. The van der Waals surface area contributed by atoms with Crippen LogP contribution in [0.4, 0.5) is 4.79 Å². The first-order valence-electron chi connectivity index (χ1n) is 9.33. The molecule has 1 aromatic heterocycles. The molecular formula is C19H22N4O3. The predicted octanol–water partition coefficient (Wildman–Crippen LogP) is 2.32. The first-order valence-corrected chi connectivity index (χ1v) is 9.33. The van der Waals surface area contributed by atoms with E-state index in [4.69, 9.17) is 5.73 Å². The minimum atomic E-state index is -1.11. The number of likely N-dealkylation sites (tertiary alicyclic amines) is 1. The van der Waals surface area contributed by atoms with E-state index in [1.165, 1.54) is 25.8 Å². The number of benzene rings is 1. The molecule has 2 saturated carbocycles. The summed E-state index contributed by atoms with van der Waals surface area (Å²) in [6.45, 7) is 2.35. The van der Waals surface area contributed by atoms with Crippen LogP contribution in [0.25, 0.3) is 10.9 Å². The van der Waals surface area contributed by atoms with E-state index in [9.17, 15) is 9.59 Å². The summed E-state index contributed by atoms with van der Waals surface area (Å²) in [7, 11) is 0. The van der Waals surface area contributed by atoms with Gasteiger partial charge in [-0.1, -0.05) is 18.2 Å². The van der Waals surface area contributed by atoms with Crippen molar-refractivity contribution in [1.29, 1.82) is 0 Å². The third-order valence-electron chi connectivity index (χ3n) is 6.12. The van der Waals surface area contributed by atoms with Gasteiger partial charge in [-0.05, 0) is 43.6 Å². The highest BCUT2D eigenvalue weighted by Crippen LogP contribution is 2.47. The average Bonchev–Trinajstić information content (AvgIpc) is 3.04. The van der Waals surface area contributed by atoms with Crippen molar-refractivity contribution in [2.75, 3.05) is 13.1 Å². The smallest absolute Gasteiger partial charge is 0.371 e. The summed E-state index contributed by atoms with van der Waals surface area (Å²) >= 11 is 0. The number of carbonyl (C=O) groups is 2. The molecule has 0 radical (unpaired) electrons. The van der Waals surface area contributed by atoms with Crippen molar-refractivity contribution >= 4 is 23.0 Å². The lowest BCUT2D eigenvalue weighted by molar-refractivity contribution is 0.0632. The van der Waals surface area contributed by atoms with Gasteiger partial charge in [-0.25, -0.2) is 9.59 Å². The minimum Gasteiger partial charge on any atom is -0.371 e. The lowest BCUT2D eigenvalue weighted by atomic mass is 10.0. The maximum absolute atomic E-state index is 12.2. The SMILES string of the molecule is NC(=O)OC(=O)c1nn(C2CC3CC2CN3CC2CC2)c2ccccc12. The zero-order valence-electron chi connectivity index (χ0n) is 14.5. The maximum atomic E-state index is 12.2. The topological polar surface area (TPSA) is 90.5 Å². The standard InChI is InChI=1S/C19H22N4O3/c20-19(25)26-18(24)17-14-3-1-2-4-15(14)23(21-17)16-8-13-7-12(16)10-22(13)9-11-5-6-11/h1-4,11-13,16H,5-10H2,(H2,20,25). The molecule has 0 spiro atoms. The number of ether oxygens (including phenoxy) is 1. The predicted molar refractivity (Wildman–Crippen MR) is 94.6 cm³/mol. The third-order valence-corrected chi connectivity index (χ3v) is 6.12. The maximum Gasteiger partial charge on any atom is 0.412 e. The Hall–Kier alpha value is -2.41. The van der Waals surface area contributed by atoms with Crippen molar-refractivity contribution in [3.63, 3.8) is 0 Å². The van der Waals surface area contributed by atoms with Crippen molar-refractivity contribution in [1.82, 2.24) is 14.7 Å². The van der Waals surface area contributed by atoms with Crippen molar-refractivity contribution in [3.05, 3.63) is 30.0 Å². The van der Waals surface area contributed by atoms with Gasteiger partial charge >= 0.3 is 12.1 Å². The summed E-state index contributed by atoms with van der Waals surface area (Å²) in [5.74, 6) is 0.682. The van der Waals surface area contributed by atoms with Gasteiger partial charge in [-0.3, -0.25) is 9.58 Å². The monoisotopic (exact) mass is 354 g/mol. The van der Waals surface area contributed by atoms with Crippen molar-refractivity contribution in [2.45, 2.75) is 37.8 Å². The Morgan fingerprint density at radius 3 is 2.73 bits per heavy atom. The van der Waals surface area contributed by atoms with Crippen LogP contribution < -0.4 is 5.73 Å². The van der Waals surface area contributed by atoms with Crippen molar-refractivity contribution in [2.24, 2.45) is 17.6 Å². The number of esters is 1. The van der Waals surface area contributed by atoms with Crippen LogP contribution in [0.2, 0.25) is 0 Å². The number of nitrogens with zero attached hydrogens (tertiary/aromatic N) is 3. The van der Waals surface area contributed by atoms with E-state index in [0.29, 0.717) is 17.3 Å². The molecule has 2 aromatic rings. The number of nitrogens with two attached hydrogens (primary N) is 1. The van der Waals surface area contributed by atoms with Crippen molar-refractivity contribution in [3.8, 4) is 0 Å². The molecule has 1 aliphatic heterocycles. The van der Waals surface area contributed by atoms with Gasteiger partial charge in [0.05, 0.1) is 11.6 Å². The van der Waals surface area contributed by atoms with E-state index in [1.54, 1.807) is 0 Å². The number of amides is 1. The third kappa shape index (κ3) is 2.58. The van der Waals surface area contributed by atoms with E-state index in [-0.39, 0.29) is 11.7 Å². The summed E-state index contributed by atoms with van der Waals surface area (Å²) in [6, 6.07) is 8.51. The molecule has 2 N–H and O–H groups in total. The Bertz CT molecular complexity index is 888. The van der Waals surface area contributed by atoms with Gasteiger partial charge in [0.25, 0.3) is 0 Å². The van der Waals surface area contributed by atoms with Gasteiger partial charge in [-0.15, -0.1) is 0 Å². The lowest BCUT2D eigenvalue weighted by Crippen LogP contribution is -2.37. The molecule has 7 heteroatoms. The van der Waals surface area contributed by atoms with Crippen LogP contribution in [0, 0.1) is 11.8 Å². The number of carbonyl (C=O) groups excluding carboxylic acids is 2. The molecule has 2 aliphatic carbocycles. The molecule has 1 aromatic carbocycles. The number of primary amides is 1. The molecule has 3 aliphatic rings. The molecule has 1 saturated heterocycles. The second-order valence-corrected chi connectivity index (χ2v) is 7.87. The highest BCUT2D eigenvalue weighted by atomic mass is 16.6. The number of hydrogen-bond donors (Lipinski definition) is 1. The number of rotatable bonds is 4. The molecule has 2 heterocycles. The molecule has 7 nitrogen and oxygen atoms in total. The highest BCUT2D eigenvalue weighted by molar-refractivity contribution is 6.05. The zero-order valence-corrected chi connectivity index (χ0v) is 14.5. The van der Waals surface area contributed by atoms with E-state index in [2.05, 4.69) is 14.7 Å². The molecule has 2 bridgehead atoms. The molecule has 3 fully saturated rings. The highest BCUT2D eigenvalue weighted by Gasteiger charge is 2.47. The summed E-state index contributed by atoms with van der Waals surface area (Å²) in [5, 5.41) is 5.26. The molecule has 3 unspecified atom stereocenters. The fourth-order valence-electron chi connectivity index (χ4n) is 4.81. The van der Waals surface area contributed by atoms with Crippen molar-refractivity contribution < 1.29 is 14.3 Å². The van der Waals surface area contributed by atoms with Crippen LogP contribution in [0.5, 0.6) is 0 Å². The molecule has 26 heavy (non-hydrogen) atoms. The van der Waals surface area contributed by atoms with Crippen LogP contribution in [0.1, 0.15) is 42.2 Å². The Morgan fingerprint density at radius 2 is 2.04 bits per heavy atom. The van der Waals surface area contributed by atoms with Gasteiger partial charge in [0, 0.05) is 24.5 Å². The summed E-state index contributed by atoms with van der Waals surface area (Å²) in [5.41, 5.74) is 6.07. The Morgan fingerprint density at radius 1 is 1.23 bits per heavy atom. The largest absolute Gasteiger partial charge is 0.412 e. The first kappa shape index (κ1) is 15.8. The Labute approximate surface area is 151 Å². The first-order chi connectivity index (χ1) is 12.6. The average molecular weight is 354 g/mol. The van der Waals surface area contributed by atoms with E-state index >= 15 is 0 Å². The van der Waals surface area contributed by atoms with Crippen LogP contribution in [-0.2, 0) is 4.74 Å². The van der Waals surface area contributed by atoms with Gasteiger partial charge in [0.1, 0.15) is 0 Å². The van der Waals surface area contributed by atoms with Gasteiger partial charge in [0.2, 0.25) is 0 Å². The summed E-state index contributed by atoms with van der Waals surface area (Å²) in [6.07, 6.45) is 3.92. The van der Waals surface area contributed by atoms with Crippen LogP contribution >= 0.6 is 0 Å². The van der Waals surface area contributed by atoms with Gasteiger partial charge in [0.15, 0.2) is 5.69 Å². The second-order valence-electron chi connectivity index (χ2n) is 7.87. The fraction of sp³-hybridized carbons (Fsp3) is 0.526. The number of fused-ring (bicyclic) bond motifs is 3. The second kappa shape index (κ2) is 5.81.